The Bertz CT molecular complexity index is 694. The van der Waals surface area contributed by atoms with Crippen molar-refractivity contribution in [1.29, 1.82) is 0 Å². The lowest BCUT2D eigenvalue weighted by atomic mass is 10.2. The number of carbonyl (C=O) groups excluding carboxylic acids is 1. The number of aryl methyl sites for hydroxylation is 1. The zero-order chi connectivity index (χ0) is 16.1. The molecule has 0 aliphatic rings. The molecule has 2 rings (SSSR count). The molecule has 2 nitrogen and oxygen atoms in total. The highest BCUT2D eigenvalue weighted by molar-refractivity contribution is 7.99. The Morgan fingerprint density at radius 3 is 2.68 bits per heavy atom. The van der Waals surface area contributed by atoms with Gasteiger partial charge in [-0.2, -0.15) is 0 Å². The molecule has 0 radical (unpaired) electrons. The van der Waals surface area contributed by atoms with Gasteiger partial charge in [0, 0.05) is 16.5 Å². The number of halogens is 3. The van der Waals surface area contributed by atoms with Crippen molar-refractivity contribution in [3.8, 4) is 0 Å². The minimum Gasteiger partial charge on any atom is -0.325 e. The summed E-state index contributed by atoms with van der Waals surface area (Å²) in [5.41, 5.74) is 2.23. The number of carbonyl (C=O) groups is 1. The molecule has 0 bridgehead atoms. The summed E-state index contributed by atoms with van der Waals surface area (Å²) in [5, 5.41) is 3.33. The van der Waals surface area contributed by atoms with E-state index in [1.807, 2.05) is 13.0 Å². The van der Waals surface area contributed by atoms with Crippen molar-refractivity contribution in [1.82, 2.24) is 0 Å². The van der Waals surface area contributed by atoms with E-state index in [9.17, 15) is 13.6 Å². The topological polar surface area (TPSA) is 29.1 Å². The van der Waals surface area contributed by atoms with Crippen LogP contribution in [-0.2, 0) is 10.5 Å². The van der Waals surface area contributed by atoms with E-state index in [1.54, 1.807) is 12.1 Å². The first-order valence-corrected chi connectivity index (χ1v) is 8.06. The van der Waals surface area contributed by atoms with Crippen LogP contribution in [0.1, 0.15) is 11.1 Å². The van der Waals surface area contributed by atoms with Crippen molar-refractivity contribution in [3.05, 3.63) is 64.2 Å². The molecule has 0 atom stereocenters. The molecule has 6 heteroatoms. The van der Waals surface area contributed by atoms with Gasteiger partial charge in [0.05, 0.1) is 5.75 Å². The molecule has 0 saturated carbocycles. The van der Waals surface area contributed by atoms with Gasteiger partial charge in [-0.3, -0.25) is 4.79 Å². The SMILES string of the molecule is Cc1ccc(Cl)cc1NC(=O)CSCc1ccc(F)c(F)c1. The Hall–Kier alpha value is -1.59. The third-order valence-corrected chi connectivity index (χ3v) is 4.20. The first-order chi connectivity index (χ1) is 10.5. The maximum absolute atomic E-state index is 13.1. The standard InChI is InChI=1S/C16H14ClF2NOS/c1-10-2-4-12(17)7-15(10)20-16(21)9-22-8-11-3-5-13(18)14(19)6-11/h2-7H,8-9H2,1H3,(H,20,21). The lowest BCUT2D eigenvalue weighted by Crippen LogP contribution is -2.15. The fraction of sp³-hybridized carbons (Fsp3) is 0.188. The van der Waals surface area contributed by atoms with Crippen LogP contribution in [-0.4, -0.2) is 11.7 Å². The molecule has 2 aromatic carbocycles. The first-order valence-electron chi connectivity index (χ1n) is 6.53. The minimum absolute atomic E-state index is 0.169. The Labute approximate surface area is 136 Å². The number of hydrogen-bond donors (Lipinski definition) is 1. The first kappa shape index (κ1) is 16.8. The average Bonchev–Trinajstić information content (AvgIpc) is 2.47. The summed E-state index contributed by atoms with van der Waals surface area (Å²) in [6, 6.07) is 9.00. The summed E-state index contributed by atoms with van der Waals surface area (Å²) >= 11 is 7.21. The van der Waals surface area contributed by atoms with Crippen LogP contribution in [0, 0.1) is 18.6 Å². The van der Waals surface area contributed by atoms with Crippen LogP contribution >= 0.6 is 23.4 Å². The highest BCUT2D eigenvalue weighted by Crippen LogP contribution is 2.21. The second kappa shape index (κ2) is 7.61. The molecule has 0 fully saturated rings. The maximum atomic E-state index is 13.1. The van der Waals surface area contributed by atoms with Crippen molar-refractivity contribution in [2.24, 2.45) is 0 Å². The summed E-state index contributed by atoms with van der Waals surface area (Å²) in [5.74, 6) is -1.28. The van der Waals surface area contributed by atoms with Crippen LogP contribution in [0.5, 0.6) is 0 Å². The molecule has 0 aliphatic heterocycles. The van der Waals surface area contributed by atoms with Crippen LogP contribution in [0.4, 0.5) is 14.5 Å². The van der Waals surface area contributed by atoms with Crippen molar-refractivity contribution in [2.75, 3.05) is 11.1 Å². The molecule has 0 aromatic heterocycles. The Morgan fingerprint density at radius 2 is 1.95 bits per heavy atom. The van der Waals surface area contributed by atoms with Gasteiger partial charge in [0.2, 0.25) is 5.91 Å². The lowest BCUT2D eigenvalue weighted by molar-refractivity contribution is -0.113. The molecular formula is C16H14ClF2NOS. The van der Waals surface area contributed by atoms with Gasteiger partial charge in [-0.25, -0.2) is 8.78 Å². The number of anilines is 1. The van der Waals surface area contributed by atoms with E-state index >= 15 is 0 Å². The van der Waals surface area contributed by atoms with Crippen molar-refractivity contribution < 1.29 is 13.6 Å². The second-order valence-corrected chi connectivity index (χ2v) is 6.17. The molecule has 0 unspecified atom stereocenters. The van der Waals surface area contributed by atoms with Crippen molar-refractivity contribution in [3.63, 3.8) is 0 Å². The molecule has 22 heavy (non-hydrogen) atoms. The highest BCUT2D eigenvalue weighted by Gasteiger charge is 2.07. The molecule has 0 saturated heterocycles. The highest BCUT2D eigenvalue weighted by atomic mass is 35.5. The van der Waals surface area contributed by atoms with E-state index in [0.29, 0.717) is 22.0 Å². The number of benzene rings is 2. The summed E-state index contributed by atoms with van der Waals surface area (Å²) in [6.45, 7) is 1.88. The van der Waals surface area contributed by atoms with Gasteiger partial charge < -0.3 is 5.32 Å². The van der Waals surface area contributed by atoms with Crippen molar-refractivity contribution >= 4 is 35.0 Å². The van der Waals surface area contributed by atoms with Gasteiger partial charge in [0.1, 0.15) is 0 Å². The molecule has 0 spiro atoms. The van der Waals surface area contributed by atoms with Crippen molar-refractivity contribution in [2.45, 2.75) is 12.7 Å². The summed E-state index contributed by atoms with van der Waals surface area (Å²) in [7, 11) is 0. The zero-order valence-electron chi connectivity index (χ0n) is 11.8. The van der Waals surface area contributed by atoms with E-state index < -0.39 is 11.6 Å². The van der Waals surface area contributed by atoms with Crippen LogP contribution in [0.3, 0.4) is 0 Å². The van der Waals surface area contributed by atoms with Gasteiger partial charge in [-0.15, -0.1) is 11.8 Å². The molecule has 0 heterocycles. The largest absolute Gasteiger partial charge is 0.325 e. The van der Waals surface area contributed by atoms with Gasteiger partial charge in [0.25, 0.3) is 0 Å². The fourth-order valence-electron chi connectivity index (χ4n) is 1.81. The molecule has 0 aliphatic carbocycles. The number of nitrogens with one attached hydrogen (secondary N) is 1. The number of rotatable bonds is 5. The van der Waals surface area contributed by atoms with E-state index in [-0.39, 0.29) is 11.7 Å². The molecule has 1 amide bonds. The predicted molar refractivity (Wildman–Crippen MR) is 87.3 cm³/mol. The summed E-state index contributed by atoms with van der Waals surface area (Å²) in [4.78, 5) is 11.9. The average molecular weight is 342 g/mol. The number of amides is 1. The van der Waals surface area contributed by atoms with Gasteiger partial charge in [0.15, 0.2) is 11.6 Å². The Balaban J connectivity index is 1.85. The van der Waals surface area contributed by atoms with E-state index in [4.69, 9.17) is 11.6 Å². The van der Waals surface area contributed by atoms with Crippen LogP contribution in [0.2, 0.25) is 5.02 Å². The molecule has 1 N–H and O–H groups in total. The van der Waals surface area contributed by atoms with Gasteiger partial charge in [-0.05, 0) is 42.3 Å². The molecule has 116 valence electrons. The fourth-order valence-corrected chi connectivity index (χ4v) is 2.75. The maximum Gasteiger partial charge on any atom is 0.234 e. The van der Waals surface area contributed by atoms with Crippen LogP contribution in [0.15, 0.2) is 36.4 Å². The van der Waals surface area contributed by atoms with E-state index in [2.05, 4.69) is 5.32 Å². The normalized spacial score (nSPS) is 10.5. The van der Waals surface area contributed by atoms with Gasteiger partial charge >= 0.3 is 0 Å². The summed E-state index contributed by atoms with van der Waals surface area (Å²) in [6.07, 6.45) is 0. The van der Waals surface area contributed by atoms with Gasteiger partial charge in [-0.1, -0.05) is 23.7 Å². The van der Waals surface area contributed by atoms with E-state index in [0.717, 1.165) is 17.7 Å². The smallest absolute Gasteiger partial charge is 0.234 e. The third kappa shape index (κ3) is 4.71. The second-order valence-electron chi connectivity index (χ2n) is 4.75. The Morgan fingerprint density at radius 1 is 1.18 bits per heavy atom. The molecule has 2 aromatic rings. The number of hydrogen-bond acceptors (Lipinski definition) is 2. The third-order valence-electron chi connectivity index (χ3n) is 2.96. The summed E-state index contributed by atoms with van der Waals surface area (Å²) < 4.78 is 25.9. The van der Waals surface area contributed by atoms with Crippen LogP contribution < -0.4 is 5.32 Å². The minimum atomic E-state index is -0.878. The van der Waals surface area contributed by atoms with Crippen LogP contribution in [0.25, 0.3) is 0 Å². The lowest BCUT2D eigenvalue weighted by Gasteiger charge is -2.09. The number of thioether (sulfide) groups is 1. The Kier molecular flexibility index (Phi) is 5.80. The predicted octanol–water partition coefficient (Wildman–Crippen LogP) is 4.80. The quantitative estimate of drug-likeness (QED) is 0.846. The van der Waals surface area contributed by atoms with E-state index in [1.165, 1.54) is 17.8 Å². The molecular weight excluding hydrogens is 328 g/mol. The zero-order valence-corrected chi connectivity index (χ0v) is 13.4. The monoisotopic (exact) mass is 341 g/mol.